The SMILES string of the molecule is Cc1ccc(-c2cccc(C=NNC(=S)Nc3ccc(C(=O)O)cc3)c2O)cc1C. The van der Waals surface area contributed by atoms with Gasteiger partial charge in [0.15, 0.2) is 5.11 Å². The first-order valence-corrected chi connectivity index (χ1v) is 9.59. The lowest BCUT2D eigenvalue weighted by atomic mass is 9.98. The number of aromatic hydroxyl groups is 1. The Hall–Kier alpha value is -3.71. The maximum absolute atomic E-state index is 10.9. The number of phenols is 1. The van der Waals surface area contributed by atoms with Crippen LogP contribution in [0.15, 0.2) is 65.8 Å². The number of phenolic OH excluding ortho intramolecular Hbond substituents is 1. The van der Waals surface area contributed by atoms with E-state index in [1.165, 1.54) is 23.9 Å². The summed E-state index contributed by atoms with van der Waals surface area (Å²) >= 11 is 5.18. The number of anilines is 1. The van der Waals surface area contributed by atoms with Crippen molar-refractivity contribution >= 4 is 35.2 Å². The number of benzene rings is 3. The minimum atomic E-state index is -0.991. The molecule has 152 valence electrons. The largest absolute Gasteiger partial charge is 0.507 e. The molecular weight excluding hydrogens is 398 g/mol. The molecule has 0 aromatic heterocycles. The molecule has 0 atom stereocenters. The Morgan fingerprint density at radius 2 is 1.77 bits per heavy atom. The maximum atomic E-state index is 10.9. The van der Waals surface area contributed by atoms with Gasteiger partial charge in [-0.1, -0.05) is 30.3 Å². The second-order valence-electron chi connectivity index (χ2n) is 6.75. The fourth-order valence-corrected chi connectivity index (χ4v) is 2.99. The third kappa shape index (κ3) is 5.01. The van der Waals surface area contributed by atoms with Crippen molar-refractivity contribution < 1.29 is 15.0 Å². The molecule has 6 nitrogen and oxygen atoms in total. The van der Waals surface area contributed by atoms with Crippen LogP contribution in [-0.2, 0) is 0 Å². The van der Waals surface area contributed by atoms with Crippen molar-refractivity contribution in [2.45, 2.75) is 13.8 Å². The zero-order valence-electron chi connectivity index (χ0n) is 16.5. The Kier molecular flexibility index (Phi) is 6.44. The van der Waals surface area contributed by atoms with E-state index in [0.717, 1.165) is 16.7 Å². The topological polar surface area (TPSA) is 94.0 Å². The number of aryl methyl sites for hydroxylation is 2. The number of hydrogen-bond donors (Lipinski definition) is 4. The molecule has 7 heteroatoms. The summed E-state index contributed by atoms with van der Waals surface area (Å²) in [6, 6.07) is 17.7. The van der Waals surface area contributed by atoms with Gasteiger partial charge < -0.3 is 15.5 Å². The zero-order chi connectivity index (χ0) is 21.7. The highest BCUT2D eigenvalue weighted by Gasteiger charge is 2.09. The number of aromatic carboxylic acids is 1. The van der Waals surface area contributed by atoms with E-state index >= 15 is 0 Å². The smallest absolute Gasteiger partial charge is 0.335 e. The van der Waals surface area contributed by atoms with Crippen LogP contribution in [0.3, 0.4) is 0 Å². The highest BCUT2D eigenvalue weighted by molar-refractivity contribution is 7.80. The van der Waals surface area contributed by atoms with Crippen LogP contribution in [-0.4, -0.2) is 27.5 Å². The minimum absolute atomic E-state index is 0.134. The first-order chi connectivity index (χ1) is 14.3. The van der Waals surface area contributed by atoms with Gasteiger partial charge >= 0.3 is 5.97 Å². The molecule has 0 aliphatic heterocycles. The number of hydrogen-bond acceptors (Lipinski definition) is 4. The molecule has 3 rings (SSSR count). The van der Waals surface area contributed by atoms with E-state index in [-0.39, 0.29) is 16.4 Å². The van der Waals surface area contributed by atoms with E-state index in [1.54, 1.807) is 18.2 Å². The lowest BCUT2D eigenvalue weighted by molar-refractivity contribution is 0.0697. The summed E-state index contributed by atoms with van der Waals surface area (Å²) in [6.45, 7) is 4.08. The van der Waals surface area contributed by atoms with Crippen LogP contribution in [0, 0.1) is 13.8 Å². The molecule has 0 bridgehead atoms. The molecule has 3 aromatic carbocycles. The summed E-state index contributed by atoms with van der Waals surface area (Å²) in [5.41, 5.74) is 8.05. The Balaban J connectivity index is 1.68. The number of carboxylic acid groups (broad SMARTS) is 1. The maximum Gasteiger partial charge on any atom is 0.335 e. The van der Waals surface area contributed by atoms with Gasteiger partial charge in [0.25, 0.3) is 0 Å². The standard InChI is InChI=1S/C23H21N3O3S/c1-14-6-7-17(12-15(14)2)20-5-3-4-18(21(20)27)13-24-26-23(30)25-19-10-8-16(9-11-19)22(28)29/h3-13,27H,1-2H3,(H,28,29)(H2,25,26,30). The molecule has 4 N–H and O–H groups in total. The first kappa shape index (κ1) is 21.0. The van der Waals surface area contributed by atoms with Gasteiger partial charge in [-0.25, -0.2) is 4.79 Å². The van der Waals surface area contributed by atoms with Crippen molar-refractivity contribution in [3.8, 4) is 16.9 Å². The monoisotopic (exact) mass is 419 g/mol. The van der Waals surface area contributed by atoms with Crippen LogP contribution < -0.4 is 10.7 Å². The molecule has 0 fully saturated rings. The summed E-state index contributed by atoms with van der Waals surface area (Å²) in [7, 11) is 0. The summed E-state index contributed by atoms with van der Waals surface area (Å²) in [6.07, 6.45) is 1.49. The van der Waals surface area contributed by atoms with Gasteiger partial charge in [0, 0.05) is 16.8 Å². The van der Waals surface area contributed by atoms with Crippen LogP contribution in [0.4, 0.5) is 5.69 Å². The van der Waals surface area contributed by atoms with Gasteiger partial charge in [0.1, 0.15) is 5.75 Å². The van der Waals surface area contributed by atoms with Crippen LogP contribution in [0.25, 0.3) is 11.1 Å². The van der Waals surface area contributed by atoms with Gasteiger partial charge in [-0.15, -0.1) is 0 Å². The average Bonchev–Trinajstić information content (AvgIpc) is 2.72. The molecule has 0 radical (unpaired) electrons. The molecule has 0 aliphatic carbocycles. The molecule has 0 saturated carbocycles. The van der Waals surface area contributed by atoms with E-state index in [1.807, 2.05) is 44.2 Å². The molecule has 0 unspecified atom stereocenters. The fraction of sp³-hybridized carbons (Fsp3) is 0.0870. The van der Waals surface area contributed by atoms with Gasteiger partial charge in [0.05, 0.1) is 11.8 Å². The van der Waals surface area contributed by atoms with Crippen molar-refractivity contribution in [1.29, 1.82) is 0 Å². The second-order valence-corrected chi connectivity index (χ2v) is 7.16. The quantitative estimate of drug-likeness (QED) is 0.272. The van der Waals surface area contributed by atoms with Crippen LogP contribution >= 0.6 is 12.2 Å². The Bertz CT molecular complexity index is 1130. The molecule has 0 heterocycles. The predicted octanol–water partition coefficient (Wildman–Crippen LogP) is 4.69. The Labute approximate surface area is 179 Å². The van der Waals surface area contributed by atoms with Gasteiger partial charge in [0.2, 0.25) is 0 Å². The number of thiocarbonyl (C=S) groups is 1. The third-order valence-electron chi connectivity index (χ3n) is 4.64. The Morgan fingerprint density at radius 1 is 1.03 bits per heavy atom. The number of rotatable bonds is 5. The normalized spacial score (nSPS) is 10.7. The zero-order valence-corrected chi connectivity index (χ0v) is 17.3. The number of nitrogens with zero attached hydrogens (tertiary/aromatic N) is 1. The third-order valence-corrected chi connectivity index (χ3v) is 4.84. The predicted molar refractivity (Wildman–Crippen MR) is 123 cm³/mol. The van der Waals surface area contributed by atoms with Gasteiger partial charge in [-0.3, -0.25) is 5.43 Å². The van der Waals surface area contributed by atoms with Crippen molar-refractivity contribution in [3.05, 3.63) is 82.9 Å². The summed E-state index contributed by atoms with van der Waals surface area (Å²) in [5, 5.41) is 26.8. The number of carboxylic acids is 1. The van der Waals surface area contributed by atoms with Gasteiger partial charge in [-0.2, -0.15) is 5.10 Å². The molecule has 0 spiro atoms. The van der Waals surface area contributed by atoms with E-state index in [4.69, 9.17) is 17.3 Å². The van der Waals surface area contributed by atoms with Gasteiger partial charge in [-0.05, 0) is 73.1 Å². The lowest BCUT2D eigenvalue weighted by Crippen LogP contribution is -2.23. The molecule has 0 aliphatic rings. The first-order valence-electron chi connectivity index (χ1n) is 9.18. The van der Waals surface area contributed by atoms with Crippen LogP contribution in [0.5, 0.6) is 5.75 Å². The summed E-state index contributed by atoms with van der Waals surface area (Å²) in [5.74, 6) is -0.857. The summed E-state index contributed by atoms with van der Waals surface area (Å²) < 4.78 is 0. The second kappa shape index (κ2) is 9.19. The van der Waals surface area contributed by atoms with Crippen LogP contribution in [0.1, 0.15) is 27.0 Å². The number of hydrazone groups is 1. The van der Waals surface area contributed by atoms with E-state index in [9.17, 15) is 9.90 Å². The average molecular weight is 420 g/mol. The summed E-state index contributed by atoms with van der Waals surface area (Å²) in [4.78, 5) is 10.9. The highest BCUT2D eigenvalue weighted by Crippen LogP contribution is 2.32. The minimum Gasteiger partial charge on any atom is -0.507 e. The fourth-order valence-electron chi connectivity index (χ4n) is 2.82. The molecule has 3 aromatic rings. The molecule has 0 saturated heterocycles. The lowest BCUT2D eigenvalue weighted by Gasteiger charge is -2.10. The highest BCUT2D eigenvalue weighted by atomic mass is 32.1. The van der Waals surface area contributed by atoms with Crippen molar-refractivity contribution in [1.82, 2.24) is 5.43 Å². The number of para-hydroxylation sites is 1. The molecule has 0 amide bonds. The molecular formula is C23H21N3O3S. The van der Waals surface area contributed by atoms with Crippen molar-refractivity contribution in [2.24, 2.45) is 5.10 Å². The van der Waals surface area contributed by atoms with Crippen molar-refractivity contribution in [3.63, 3.8) is 0 Å². The van der Waals surface area contributed by atoms with Crippen molar-refractivity contribution in [2.75, 3.05) is 5.32 Å². The Morgan fingerprint density at radius 3 is 2.43 bits per heavy atom. The van der Waals surface area contributed by atoms with E-state index < -0.39 is 5.97 Å². The van der Waals surface area contributed by atoms with E-state index in [0.29, 0.717) is 11.3 Å². The molecule has 30 heavy (non-hydrogen) atoms. The van der Waals surface area contributed by atoms with E-state index in [2.05, 4.69) is 15.8 Å². The number of carbonyl (C=O) groups is 1. The number of nitrogens with one attached hydrogen (secondary N) is 2. The van der Waals surface area contributed by atoms with Crippen LogP contribution in [0.2, 0.25) is 0 Å².